The fourth-order valence-electron chi connectivity index (χ4n) is 1.37. The van der Waals surface area contributed by atoms with Gasteiger partial charge in [-0.15, -0.1) is 0 Å². The molecule has 5 nitrogen and oxygen atoms in total. The molecule has 0 aromatic heterocycles. The number of hydrogen-bond donors (Lipinski definition) is 3. The molecule has 0 saturated heterocycles. The molecule has 0 fully saturated rings. The van der Waals surface area contributed by atoms with Gasteiger partial charge in [-0.2, -0.15) is 11.8 Å². The van der Waals surface area contributed by atoms with Gasteiger partial charge in [0.2, 0.25) is 0 Å². The summed E-state index contributed by atoms with van der Waals surface area (Å²) in [6, 6.07) is 5.71. The lowest BCUT2D eigenvalue weighted by atomic mass is 10.2. The Labute approximate surface area is 124 Å². The summed E-state index contributed by atoms with van der Waals surface area (Å²) < 4.78 is 0.737. The number of carbonyl (C=O) groups is 2. The van der Waals surface area contributed by atoms with Crippen LogP contribution in [-0.4, -0.2) is 35.2 Å². The molecule has 1 atom stereocenters. The molecule has 1 aromatic rings. The number of amides is 2. The highest BCUT2D eigenvalue weighted by Gasteiger charge is 2.19. The minimum Gasteiger partial charge on any atom is -0.480 e. The molecule has 2 amide bonds. The fraction of sp³-hybridized carbons (Fsp3) is 0.333. The van der Waals surface area contributed by atoms with Gasteiger partial charge in [0.1, 0.15) is 6.04 Å². The number of halogens is 1. The maximum atomic E-state index is 11.7. The van der Waals surface area contributed by atoms with Crippen LogP contribution in [0.1, 0.15) is 6.42 Å². The van der Waals surface area contributed by atoms with Crippen molar-refractivity contribution in [1.82, 2.24) is 5.32 Å². The van der Waals surface area contributed by atoms with Gasteiger partial charge in [0.15, 0.2) is 0 Å². The van der Waals surface area contributed by atoms with Crippen molar-refractivity contribution in [3.05, 3.63) is 28.7 Å². The van der Waals surface area contributed by atoms with Crippen molar-refractivity contribution in [3.63, 3.8) is 0 Å². The molecular weight excluding hydrogens is 332 g/mol. The number of benzene rings is 1. The molecule has 1 rings (SSSR count). The average Bonchev–Trinajstić information content (AvgIpc) is 2.37. The molecule has 0 aliphatic heterocycles. The van der Waals surface area contributed by atoms with E-state index in [1.54, 1.807) is 18.2 Å². The Bertz CT molecular complexity index is 456. The Hall–Kier alpha value is -1.21. The summed E-state index contributed by atoms with van der Waals surface area (Å²) in [5, 5.41) is 14.1. The third-order valence-electron chi connectivity index (χ3n) is 2.34. The molecular formula is C12H15BrN2O3S. The summed E-state index contributed by atoms with van der Waals surface area (Å²) in [5.41, 5.74) is 0.592. The van der Waals surface area contributed by atoms with E-state index in [0.29, 0.717) is 17.9 Å². The highest BCUT2D eigenvalue weighted by atomic mass is 79.9. The monoisotopic (exact) mass is 346 g/mol. The number of carbonyl (C=O) groups excluding carboxylic acids is 1. The van der Waals surface area contributed by atoms with E-state index in [9.17, 15) is 9.59 Å². The van der Waals surface area contributed by atoms with Crippen LogP contribution in [0.4, 0.5) is 10.5 Å². The number of thioether (sulfide) groups is 1. The van der Waals surface area contributed by atoms with E-state index in [-0.39, 0.29) is 0 Å². The first-order valence-electron chi connectivity index (χ1n) is 5.58. The van der Waals surface area contributed by atoms with Crippen LogP contribution >= 0.6 is 27.7 Å². The quantitative estimate of drug-likeness (QED) is 0.739. The molecule has 0 aliphatic carbocycles. The number of carboxylic acid groups (broad SMARTS) is 1. The molecule has 3 N–H and O–H groups in total. The molecule has 0 saturated carbocycles. The van der Waals surface area contributed by atoms with Crippen LogP contribution in [0.5, 0.6) is 0 Å². The van der Waals surface area contributed by atoms with Crippen molar-refractivity contribution in [3.8, 4) is 0 Å². The van der Waals surface area contributed by atoms with Gasteiger partial charge in [-0.1, -0.05) is 12.1 Å². The van der Waals surface area contributed by atoms with Crippen molar-refractivity contribution in [2.45, 2.75) is 12.5 Å². The van der Waals surface area contributed by atoms with Gasteiger partial charge in [0.25, 0.3) is 0 Å². The lowest BCUT2D eigenvalue weighted by molar-refractivity contribution is -0.139. The molecule has 0 spiro atoms. The van der Waals surface area contributed by atoms with Crippen LogP contribution < -0.4 is 10.6 Å². The van der Waals surface area contributed by atoms with Crippen LogP contribution in [0.2, 0.25) is 0 Å². The summed E-state index contributed by atoms with van der Waals surface area (Å²) in [6.45, 7) is 0. The molecule has 0 unspecified atom stereocenters. The van der Waals surface area contributed by atoms with Crippen molar-refractivity contribution in [2.24, 2.45) is 0 Å². The number of aliphatic carboxylic acids is 1. The van der Waals surface area contributed by atoms with E-state index in [4.69, 9.17) is 5.11 Å². The van der Waals surface area contributed by atoms with E-state index in [1.807, 2.05) is 12.3 Å². The van der Waals surface area contributed by atoms with Gasteiger partial charge < -0.3 is 15.7 Å². The van der Waals surface area contributed by atoms with Crippen molar-refractivity contribution < 1.29 is 14.7 Å². The van der Waals surface area contributed by atoms with Crippen molar-refractivity contribution >= 4 is 45.4 Å². The summed E-state index contributed by atoms with van der Waals surface area (Å²) >= 11 is 4.84. The number of hydrogen-bond acceptors (Lipinski definition) is 3. The average molecular weight is 347 g/mol. The predicted octanol–water partition coefficient (Wildman–Crippen LogP) is 2.78. The second-order valence-corrected chi connectivity index (χ2v) is 5.59. The number of urea groups is 1. The predicted molar refractivity (Wildman–Crippen MR) is 80.7 cm³/mol. The second kappa shape index (κ2) is 8.06. The zero-order chi connectivity index (χ0) is 14.3. The number of para-hydroxylation sites is 1. The number of nitrogens with one attached hydrogen (secondary N) is 2. The minimum atomic E-state index is -1.03. The van der Waals surface area contributed by atoms with Crippen LogP contribution in [0.25, 0.3) is 0 Å². The third kappa shape index (κ3) is 5.52. The lowest BCUT2D eigenvalue weighted by Gasteiger charge is -2.15. The fourth-order valence-corrected chi connectivity index (χ4v) is 2.23. The topological polar surface area (TPSA) is 78.4 Å². The molecule has 19 heavy (non-hydrogen) atoms. The first-order chi connectivity index (χ1) is 9.04. The summed E-state index contributed by atoms with van der Waals surface area (Å²) in [5.74, 6) is -0.358. The maximum Gasteiger partial charge on any atom is 0.326 e. The second-order valence-electron chi connectivity index (χ2n) is 3.75. The Balaban J connectivity index is 2.58. The Morgan fingerprint density at radius 3 is 2.68 bits per heavy atom. The highest BCUT2D eigenvalue weighted by molar-refractivity contribution is 9.10. The molecule has 0 aliphatic rings. The van der Waals surface area contributed by atoms with E-state index in [0.717, 1.165) is 4.47 Å². The molecule has 0 bridgehead atoms. The van der Waals surface area contributed by atoms with E-state index < -0.39 is 18.0 Å². The summed E-state index contributed by atoms with van der Waals surface area (Å²) in [6.07, 6.45) is 2.28. The highest BCUT2D eigenvalue weighted by Crippen LogP contribution is 2.20. The van der Waals surface area contributed by atoms with Gasteiger partial charge in [-0.05, 0) is 46.5 Å². The normalized spacial score (nSPS) is 11.7. The van der Waals surface area contributed by atoms with Crippen LogP contribution in [0.3, 0.4) is 0 Å². The van der Waals surface area contributed by atoms with E-state index in [1.165, 1.54) is 11.8 Å². The first-order valence-corrected chi connectivity index (χ1v) is 7.77. The minimum absolute atomic E-state index is 0.389. The number of rotatable bonds is 6. The zero-order valence-corrected chi connectivity index (χ0v) is 12.8. The first kappa shape index (κ1) is 15.8. The van der Waals surface area contributed by atoms with E-state index in [2.05, 4.69) is 26.6 Å². The van der Waals surface area contributed by atoms with Crippen LogP contribution in [0.15, 0.2) is 28.7 Å². The van der Waals surface area contributed by atoms with Crippen molar-refractivity contribution in [1.29, 1.82) is 0 Å². The molecule has 0 heterocycles. The molecule has 1 aromatic carbocycles. The largest absolute Gasteiger partial charge is 0.480 e. The van der Waals surface area contributed by atoms with Gasteiger partial charge in [0, 0.05) is 4.47 Å². The van der Waals surface area contributed by atoms with Gasteiger partial charge in [0.05, 0.1) is 5.69 Å². The Morgan fingerprint density at radius 2 is 2.11 bits per heavy atom. The van der Waals surface area contributed by atoms with E-state index >= 15 is 0 Å². The van der Waals surface area contributed by atoms with Crippen LogP contribution in [0, 0.1) is 0 Å². The molecule has 0 radical (unpaired) electrons. The van der Waals surface area contributed by atoms with Gasteiger partial charge in [-0.3, -0.25) is 0 Å². The number of carboxylic acids is 1. The molecule has 7 heteroatoms. The Morgan fingerprint density at radius 1 is 1.42 bits per heavy atom. The third-order valence-corrected chi connectivity index (χ3v) is 3.67. The Kier molecular flexibility index (Phi) is 6.72. The van der Waals surface area contributed by atoms with Gasteiger partial charge in [-0.25, -0.2) is 9.59 Å². The summed E-state index contributed by atoms with van der Waals surface area (Å²) in [7, 11) is 0. The summed E-state index contributed by atoms with van der Waals surface area (Å²) in [4.78, 5) is 22.7. The maximum absolute atomic E-state index is 11.7. The smallest absolute Gasteiger partial charge is 0.326 e. The van der Waals surface area contributed by atoms with Crippen molar-refractivity contribution in [2.75, 3.05) is 17.3 Å². The van der Waals surface area contributed by atoms with Crippen LogP contribution in [-0.2, 0) is 4.79 Å². The standard InChI is InChI=1S/C12H15BrN2O3S/c1-19-7-6-10(11(16)17)15-12(18)14-9-5-3-2-4-8(9)13/h2-5,10H,6-7H2,1H3,(H,16,17)(H2,14,15,18)/t10-/m1/s1. The SMILES string of the molecule is CSCC[C@@H](NC(=O)Nc1ccccc1Br)C(=O)O. The van der Waals surface area contributed by atoms with Gasteiger partial charge >= 0.3 is 12.0 Å². The lowest BCUT2D eigenvalue weighted by Crippen LogP contribution is -2.43. The number of anilines is 1. The molecule has 104 valence electrons. The zero-order valence-electron chi connectivity index (χ0n) is 10.4.